The van der Waals surface area contributed by atoms with Crippen LogP contribution in [0.1, 0.15) is 69.2 Å². The van der Waals surface area contributed by atoms with E-state index in [4.69, 9.17) is 0 Å². The summed E-state index contributed by atoms with van der Waals surface area (Å²) >= 11 is 0. The highest BCUT2D eigenvalue weighted by Crippen LogP contribution is 2.48. The summed E-state index contributed by atoms with van der Waals surface area (Å²) in [6, 6.07) is 6.42. The molecule has 1 aromatic carbocycles. The van der Waals surface area contributed by atoms with E-state index >= 15 is 0 Å². The molecule has 1 aliphatic heterocycles. The van der Waals surface area contributed by atoms with Crippen LogP contribution in [0.2, 0.25) is 0 Å². The number of non-ortho nitro benzene ring substituents is 1. The van der Waals surface area contributed by atoms with Crippen LogP contribution in [0.15, 0.2) is 41.6 Å². The fourth-order valence-electron chi connectivity index (χ4n) is 4.42. The van der Waals surface area contributed by atoms with Crippen LogP contribution in [-0.4, -0.2) is 20.9 Å². The fraction of sp³-hybridized carbons (Fsp3) is 0.391. The Kier molecular flexibility index (Phi) is 4.84. The van der Waals surface area contributed by atoms with E-state index in [1.54, 1.807) is 12.1 Å². The summed E-state index contributed by atoms with van der Waals surface area (Å²) in [4.78, 5) is 23.6. The zero-order chi connectivity index (χ0) is 21.6. The molecule has 0 amide bonds. The lowest BCUT2D eigenvalue weighted by Crippen LogP contribution is -2.33. The molecule has 7 heteroatoms. The van der Waals surface area contributed by atoms with Crippen LogP contribution in [0.5, 0.6) is 0 Å². The molecule has 156 valence electrons. The number of Topliss-reactive ketones (excluding diaryl/α,β-unsaturated/α-hetero) is 1. The van der Waals surface area contributed by atoms with E-state index in [0.29, 0.717) is 6.42 Å². The van der Waals surface area contributed by atoms with Crippen molar-refractivity contribution in [3.63, 3.8) is 0 Å². The van der Waals surface area contributed by atoms with Crippen LogP contribution in [-0.2, 0) is 4.79 Å². The molecule has 1 atom stereocenters. The number of rotatable bonds is 4. The molecule has 0 radical (unpaired) electrons. The van der Waals surface area contributed by atoms with Gasteiger partial charge in [0.2, 0.25) is 0 Å². The number of nitrogens with one attached hydrogen (secondary N) is 2. The van der Waals surface area contributed by atoms with Crippen molar-refractivity contribution in [1.29, 1.82) is 0 Å². The second-order valence-corrected chi connectivity index (χ2v) is 9.20. The third-order valence-corrected chi connectivity index (χ3v) is 5.81. The van der Waals surface area contributed by atoms with Gasteiger partial charge in [-0.25, -0.2) is 0 Å². The van der Waals surface area contributed by atoms with Gasteiger partial charge in [0.05, 0.1) is 4.92 Å². The highest BCUT2D eigenvalue weighted by atomic mass is 16.6. The van der Waals surface area contributed by atoms with Crippen LogP contribution < -0.4 is 5.32 Å². The van der Waals surface area contributed by atoms with E-state index in [9.17, 15) is 14.9 Å². The average molecular weight is 406 g/mol. The molecular formula is C23H26N4O3. The molecule has 7 nitrogen and oxygen atoms in total. The monoisotopic (exact) mass is 406 g/mol. The van der Waals surface area contributed by atoms with Gasteiger partial charge < -0.3 is 5.32 Å². The number of aromatic amines is 1. The highest BCUT2D eigenvalue weighted by molar-refractivity contribution is 6.01. The predicted octanol–water partition coefficient (Wildman–Crippen LogP) is 5.31. The number of nitro benzene ring substituents is 1. The zero-order valence-electron chi connectivity index (χ0n) is 17.7. The number of hydrogen-bond donors (Lipinski definition) is 2. The lowest BCUT2D eigenvalue weighted by molar-refractivity contribution is -0.384. The van der Waals surface area contributed by atoms with Crippen molar-refractivity contribution in [2.75, 3.05) is 5.32 Å². The molecule has 2 heterocycles. The van der Waals surface area contributed by atoms with Gasteiger partial charge >= 0.3 is 0 Å². The number of ketones is 1. The summed E-state index contributed by atoms with van der Waals surface area (Å²) in [6.07, 6.45) is 5.25. The van der Waals surface area contributed by atoms with E-state index in [-0.39, 0.29) is 28.7 Å². The van der Waals surface area contributed by atoms with Crippen molar-refractivity contribution >= 4 is 23.4 Å². The minimum absolute atomic E-state index is 0.0583. The molecule has 0 bridgehead atoms. The normalized spacial score (nSPS) is 20.3. The minimum Gasteiger partial charge on any atom is -0.342 e. The smallest absolute Gasteiger partial charge is 0.269 e. The lowest BCUT2D eigenvalue weighted by Gasteiger charge is -2.37. The molecule has 0 spiro atoms. The van der Waals surface area contributed by atoms with Crippen LogP contribution in [0.4, 0.5) is 11.5 Å². The Hall–Kier alpha value is -3.22. The molecule has 2 aromatic rings. The largest absolute Gasteiger partial charge is 0.342 e. The van der Waals surface area contributed by atoms with E-state index in [0.717, 1.165) is 40.3 Å². The number of carbonyl (C=O) groups excluding carboxylic acids is 1. The van der Waals surface area contributed by atoms with Crippen molar-refractivity contribution in [1.82, 2.24) is 10.2 Å². The Labute approximate surface area is 175 Å². The first-order valence-corrected chi connectivity index (χ1v) is 10.2. The number of aromatic nitrogens is 2. The second-order valence-electron chi connectivity index (χ2n) is 9.20. The van der Waals surface area contributed by atoms with E-state index in [1.165, 1.54) is 12.1 Å². The SMILES string of the molecule is CC(C)c1[nH]nc2c1C(/C=C/c1ccc([N+](=O)[O-])cc1)C1=C(CC(C)(C)CC1=O)N2. The Bertz CT molecular complexity index is 1070. The van der Waals surface area contributed by atoms with Gasteiger partial charge in [0, 0.05) is 47.0 Å². The Morgan fingerprint density at radius 3 is 2.57 bits per heavy atom. The maximum Gasteiger partial charge on any atom is 0.269 e. The number of benzene rings is 1. The molecule has 2 aliphatic rings. The van der Waals surface area contributed by atoms with Crippen molar-refractivity contribution in [3.8, 4) is 0 Å². The number of carbonyl (C=O) groups is 1. The molecule has 1 aromatic heterocycles. The van der Waals surface area contributed by atoms with Gasteiger partial charge in [0.15, 0.2) is 11.6 Å². The third-order valence-electron chi connectivity index (χ3n) is 5.81. The first kappa shape index (κ1) is 20.1. The molecule has 4 rings (SSSR count). The third kappa shape index (κ3) is 3.56. The molecule has 2 N–H and O–H groups in total. The summed E-state index contributed by atoms with van der Waals surface area (Å²) in [7, 11) is 0. The molecule has 0 fully saturated rings. The zero-order valence-corrected chi connectivity index (χ0v) is 17.7. The van der Waals surface area contributed by atoms with Gasteiger partial charge in [-0.15, -0.1) is 0 Å². The fourth-order valence-corrected chi connectivity index (χ4v) is 4.42. The minimum atomic E-state index is -0.410. The molecule has 0 saturated carbocycles. The van der Waals surface area contributed by atoms with E-state index in [2.05, 4.69) is 43.2 Å². The van der Waals surface area contributed by atoms with Gasteiger partial charge in [-0.05, 0) is 35.4 Å². The predicted molar refractivity (Wildman–Crippen MR) is 116 cm³/mol. The standard InChI is InChI=1S/C23H26N4O3/c1-13(2)21-20-16(10-7-14-5-8-15(9-6-14)27(29)30)19-17(24-22(20)26-25-21)11-23(3,4)12-18(19)28/h5-10,13,16H,11-12H2,1-4H3,(H2,24,25,26)/b10-7+. The number of anilines is 1. The average Bonchev–Trinajstić information content (AvgIpc) is 3.08. The van der Waals surface area contributed by atoms with Crippen molar-refractivity contribution in [2.24, 2.45) is 5.41 Å². The maximum atomic E-state index is 13.2. The quantitative estimate of drug-likeness (QED) is 0.529. The van der Waals surface area contributed by atoms with Crippen LogP contribution in [0.25, 0.3) is 6.08 Å². The number of nitro groups is 1. The molecule has 30 heavy (non-hydrogen) atoms. The second kappa shape index (κ2) is 7.23. The van der Waals surface area contributed by atoms with Gasteiger partial charge in [0.25, 0.3) is 5.69 Å². The summed E-state index contributed by atoms with van der Waals surface area (Å²) < 4.78 is 0. The highest BCUT2D eigenvalue weighted by Gasteiger charge is 2.41. The van der Waals surface area contributed by atoms with Crippen molar-refractivity contribution < 1.29 is 9.72 Å². The van der Waals surface area contributed by atoms with E-state index < -0.39 is 4.92 Å². The lowest BCUT2D eigenvalue weighted by atomic mass is 9.70. The Morgan fingerprint density at radius 1 is 1.23 bits per heavy atom. The van der Waals surface area contributed by atoms with Crippen molar-refractivity contribution in [3.05, 3.63) is 68.5 Å². The first-order valence-electron chi connectivity index (χ1n) is 10.2. The van der Waals surface area contributed by atoms with Gasteiger partial charge in [-0.1, -0.05) is 39.8 Å². The molecule has 0 saturated heterocycles. The van der Waals surface area contributed by atoms with Crippen molar-refractivity contribution in [2.45, 2.75) is 52.4 Å². The Balaban J connectivity index is 1.78. The van der Waals surface area contributed by atoms with Gasteiger partial charge in [-0.2, -0.15) is 5.10 Å². The van der Waals surface area contributed by atoms with Crippen LogP contribution in [0.3, 0.4) is 0 Å². The molecule has 1 aliphatic carbocycles. The van der Waals surface area contributed by atoms with Crippen LogP contribution >= 0.6 is 0 Å². The summed E-state index contributed by atoms with van der Waals surface area (Å²) in [5.41, 5.74) is 4.59. The number of nitrogens with zero attached hydrogens (tertiary/aromatic N) is 2. The molecule has 1 unspecified atom stereocenters. The first-order chi connectivity index (χ1) is 14.2. The number of hydrogen-bond acceptors (Lipinski definition) is 5. The summed E-state index contributed by atoms with van der Waals surface area (Å²) in [6.45, 7) is 8.41. The number of H-pyrrole nitrogens is 1. The summed E-state index contributed by atoms with van der Waals surface area (Å²) in [5, 5.41) is 22.0. The molecular weight excluding hydrogens is 380 g/mol. The van der Waals surface area contributed by atoms with Gasteiger partial charge in [-0.3, -0.25) is 20.0 Å². The Morgan fingerprint density at radius 2 is 1.93 bits per heavy atom. The topological polar surface area (TPSA) is 101 Å². The summed E-state index contributed by atoms with van der Waals surface area (Å²) in [5.74, 6) is 0.969. The maximum absolute atomic E-state index is 13.2. The number of fused-ring (bicyclic) bond motifs is 1. The van der Waals surface area contributed by atoms with Gasteiger partial charge in [0.1, 0.15) is 0 Å². The van der Waals surface area contributed by atoms with Crippen LogP contribution in [0, 0.1) is 15.5 Å². The number of allylic oxidation sites excluding steroid dienone is 3. The van der Waals surface area contributed by atoms with E-state index in [1.807, 2.05) is 12.2 Å².